The molecular formula is C17H25NO3. The number of carbonyl (C=O) groups excluding carboxylic acids is 1. The van der Waals surface area contributed by atoms with Crippen LogP contribution in [-0.2, 0) is 4.74 Å². The second-order valence-corrected chi connectivity index (χ2v) is 6.63. The van der Waals surface area contributed by atoms with E-state index in [4.69, 9.17) is 4.74 Å². The van der Waals surface area contributed by atoms with Gasteiger partial charge in [-0.1, -0.05) is 30.3 Å². The van der Waals surface area contributed by atoms with Crippen molar-refractivity contribution in [1.29, 1.82) is 0 Å². The molecule has 1 aromatic carbocycles. The summed E-state index contributed by atoms with van der Waals surface area (Å²) in [7, 11) is 0. The third-order valence-electron chi connectivity index (χ3n) is 3.68. The lowest BCUT2D eigenvalue weighted by molar-refractivity contribution is 0.0178. The molecule has 0 aromatic heterocycles. The Hall–Kier alpha value is -1.55. The van der Waals surface area contributed by atoms with Crippen LogP contribution in [0.5, 0.6) is 0 Å². The SMILES string of the molecule is CC(C)(C)OC(=O)N1CCC[C@H]1C[C@@H](O)c1ccccc1. The summed E-state index contributed by atoms with van der Waals surface area (Å²) in [6.07, 6.45) is 1.63. The highest BCUT2D eigenvalue weighted by Crippen LogP contribution is 2.28. The molecule has 0 radical (unpaired) electrons. The molecule has 0 aliphatic carbocycles. The summed E-state index contributed by atoms with van der Waals surface area (Å²) in [5.74, 6) is 0. The zero-order chi connectivity index (χ0) is 15.5. The van der Waals surface area contributed by atoms with E-state index < -0.39 is 11.7 Å². The van der Waals surface area contributed by atoms with Gasteiger partial charge in [0.1, 0.15) is 5.60 Å². The molecule has 1 aliphatic rings. The largest absolute Gasteiger partial charge is 0.444 e. The van der Waals surface area contributed by atoms with Crippen LogP contribution in [0.3, 0.4) is 0 Å². The fourth-order valence-electron chi connectivity index (χ4n) is 2.71. The summed E-state index contributed by atoms with van der Waals surface area (Å²) >= 11 is 0. The molecule has 2 rings (SSSR count). The molecule has 4 nitrogen and oxygen atoms in total. The summed E-state index contributed by atoms with van der Waals surface area (Å²) in [6.45, 7) is 6.32. The highest BCUT2D eigenvalue weighted by atomic mass is 16.6. The Balaban J connectivity index is 1.97. The molecule has 1 amide bonds. The summed E-state index contributed by atoms with van der Waals surface area (Å²) in [5.41, 5.74) is 0.413. The Bertz CT molecular complexity index is 467. The number of benzene rings is 1. The first-order chi connectivity index (χ1) is 9.87. The first kappa shape index (κ1) is 15.8. The van der Waals surface area contributed by atoms with Crippen LogP contribution in [0.15, 0.2) is 30.3 Å². The van der Waals surface area contributed by atoms with E-state index >= 15 is 0 Å². The third-order valence-corrected chi connectivity index (χ3v) is 3.68. The van der Waals surface area contributed by atoms with E-state index in [0.29, 0.717) is 13.0 Å². The van der Waals surface area contributed by atoms with Crippen molar-refractivity contribution >= 4 is 6.09 Å². The smallest absolute Gasteiger partial charge is 0.410 e. The quantitative estimate of drug-likeness (QED) is 0.927. The number of carbonyl (C=O) groups is 1. The van der Waals surface area contributed by atoms with Gasteiger partial charge in [-0.05, 0) is 45.6 Å². The van der Waals surface area contributed by atoms with E-state index in [-0.39, 0.29) is 12.1 Å². The maximum absolute atomic E-state index is 12.2. The molecule has 1 aliphatic heterocycles. The first-order valence-electron chi connectivity index (χ1n) is 7.59. The molecule has 21 heavy (non-hydrogen) atoms. The van der Waals surface area contributed by atoms with Gasteiger partial charge >= 0.3 is 6.09 Å². The van der Waals surface area contributed by atoms with Crippen molar-refractivity contribution in [1.82, 2.24) is 4.90 Å². The van der Waals surface area contributed by atoms with Crippen LogP contribution in [0, 0.1) is 0 Å². The van der Waals surface area contributed by atoms with Crippen molar-refractivity contribution in [2.75, 3.05) is 6.54 Å². The third kappa shape index (κ3) is 4.46. The van der Waals surface area contributed by atoms with Gasteiger partial charge in [-0.2, -0.15) is 0 Å². The summed E-state index contributed by atoms with van der Waals surface area (Å²) in [5, 5.41) is 10.3. The predicted octanol–water partition coefficient (Wildman–Crippen LogP) is 3.51. The van der Waals surface area contributed by atoms with Gasteiger partial charge in [0.15, 0.2) is 0 Å². The highest BCUT2D eigenvalue weighted by Gasteiger charge is 2.33. The van der Waals surface area contributed by atoms with Crippen LogP contribution < -0.4 is 0 Å². The normalized spacial score (nSPS) is 20.4. The van der Waals surface area contributed by atoms with Crippen molar-refractivity contribution in [2.24, 2.45) is 0 Å². The average Bonchev–Trinajstić information content (AvgIpc) is 2.86. The summed E-state index contributed by atoms with van der Waals surface area (Å²) in [6, 6.07) is 9.64. The number of rotatable bonds is 3. The molecule has 2 atom stereocenters. The number of ether oxygens (including phenoxy) is 1. The summed E-state index contributed by atoms with van der Waals surface area (Å²) in [4.78, 5) is 14.0. The number of aliphatic hydroxyl groups is 1. The fourth-order valence-corrected chi connectivity index (χ4v) is 2.71. The van der Waals surface area contributed by atoms with Crippen molar-refractivity contribution in [3.8, 4) is 0 Å². The zero-order valence-corrected chi connectivity index (χ0v) is 13.1. The molecule has 0 saturated carbocycles. The van der Waals surface area contributed by atoms with Crippen molar-refractivity contribution in [3.05, 3.63) is 35.9 Å². The average molecular weight is 291 g/mol. The van der Waals surface area contributed by atoms with Crippen molar-refractivity contribution < 1.29 is 14.6 Å². The minimum Gasteiger partial charge on any atom is -0.444 e. The Morgan fingerprint density at radius 1 is 1.38 bits per heavy atom. The number of likely N-dealkylation sites (tertiary alicyclic amines) is 1. The number of hydrogen-bond acceptors (Lipinski definition) is 3. The molecule has 1 heterocycles. The number of aliphatic hydroxyl groups excluding tert-OH is 1. The van der Waals surface area contributed by atoms with Crippen molar-refractivity contribution in [3.63, 3.8) is 0 Å². The molecular weight excluding hydrogens is 266 g/mol. The molecule has 0 unspecified atom stereocenters. The predicted molar refractivity (Wildman–Crippen MR) is 82.0 cm³/mol. The molecule has 1 N–H and O–H groups in total. The molecule has 1 aromatic rings. The summed E-state index contributed by atoms with van der Waals surface area (Å²) < 4.78 is 5.44. The highest BCUT2D eigenvalue weighted by molar-refractivity contribution is 5.68. The molecule has 1 fully saturated rings. The van der Waals surface area contributed by atoms with Crippen molar-refractivity contribution in [2.45, 2.75) is 57.8 Å². The number of amides is 1. The molecule has 0 bridgehead atoms. The Labute approximate surface area is 126 Å². The van der Waals surface area contributed by atoms with E-state index in [9.17, 15) is 9.90 Å². The first-order valence-corrected chi connectivity index (χ1v) is 7.59. The Morgan fingerprint density at radius 3 is 2.67 bits per heavy atom. The van der Waals surface area contributed by atoms with Gasteiger partial charge in [-0.25, -0.2) is 4.79 Å². The number of nitrogens with zero attached hydrogens (tertiary/aromatic N) is 1. The lowest BCUT2D eigenvalue weighted by atomic mass is 10.0. The molecule has 116 valence electrons. The van der Waals surface area contributed by atoms with E-state index in [2.05, 4.69) is 0 Å². The van der Waals surface area contributed by atoms with Crippen LogP contribution in [-0.4, -0.2) is 34.3 Å². The maximum Gasteiger partial charge on any atom is 0.410 e. The second kappa shape index (κ2) is 6.48. The second-order valence-electron chi connectivity index (χ2n) is 6.63. The van der Waals surface area contributed by atoms with Gasteiger partial charge < -0.3 is 14.7 Å². The van der Waals surface area contributed by atoms with E-state index in [1.54, 1.807) is 4.90 Å². The monoisotopic (exact) mass is 291 g/mol. The van der Waals surface area contributed by atoms with E-state index in [1.165, 1.54) is 0 Å². The van der Waals surface area contributed by atoms with Gasteiger partial charge in [0, 0.05) is 12.6 Å². The Morgan fingerprint density at radius 2 is 2.05 bits per heavy atom. The van der Waals surface area contributed by atoms with Crippen LogP contribution in [0.4, 0.5) is 4.79 Å². The molecule has 0 spiro atoms. The fraction of sp³-hybridized carbons (Fsp3) is 0.588. The van der Waals surface area contributed by atoms with Gasteiger partial charge in [0.05, 0.1) is 6.10 Å². The molecule has 1 saturated heterocycles. The van der Waals surface area contributed by atoms with Crippen LogP contribution in [0.1, 0.15) is 51.7 Å². The van der Waals surface area contributed by atoms with Gasteiger partial charge in [0.25, 0.3) is 0 Å². The van der Waals surface area contributed by atoms with Crippen LogP contribution in [0.25, 0.3) is 0 Å². The van der Waals surface area contributed by atoms with Gasteiger partial charge in [-0.3, -0.25) is 0 Å². The topological polar surface area (TPSA) is 49.8 Å². The molecule has 4 heteroatoms. The minimum atomic E-state index is -0.542. The standard InChI is InChI=1S/C17H25NO3/c1-17(2,3)21-16(20)18-11-7-10-14(18)12-15(19)13-8-5-4-6-9-13/h4-6,8-9,14-15,19H,7,10-12H2,1-3H3/t14-,15+/m0/s1. The van der Waals surface area contributed by atoms with E-state index in [0.717, 1.165) is 18.4 Å². The van der Waals surface area contributed by atoms with E-state index in [1.807, 2.05) is 51.1 Å². The Kier molecular flexibility index (Phi) is 4.88. The van der Waals surface area contributed by atoms with Crippen LogP contribution >= 0.6 is 0 Å². The zero-order valence-electron chi connectivity index (χ0n) is 13.1. The maximum atomic E-state index is 12.2. The number of hydrogen-bond donors (Lipinski definition) is 1. The van der Waals surface area contributed by atoms with Crippen LogP contribution in [0.2, 0.25) is 0 Å². The minimum absolute atomic E-state index is 0.0510. The lowest BCUT2D eigenvalue weighted by Crippen LogP contribution is -2.40. The van der Waals surface area contributed by atoms with Gasteiger partial charge in [0.2, 0.25) is 0 Å². The lowest BCUT2D eigenvalue weighted by Gasteiger charge is -2.29. The van der Waals surface area contributed by atoms with Gasteiger partial charge in [-0.15, -0.1) is 0 Å².